The van der Waals surface area contributed by atoms with Crippen molar-refractivity contribution in [2.75, 3.05) is 37.6 Å². The molecule has 7 rings (SSSR count). The van der Waals surface area contributed by atoms with Crippen molar-refractivity contribution in [2.24, 2.45) is 0 Å². The largest absolute Gasteiger partial charge is 0.508 e. The first-order valence-corrected chi connectivity index (χ1v) is 19.8. The van der Waals surface area contributed by atoms with Gasteiger partial charge in [-0.05, 0) is 102 Å². The van der Waals surface area contributed by atoms with Crippen molar-refractivity contribution < 1.29 is 24.3 Å². The fraction of sp³-hybridized carbons (Fsp3) is 0.348. The number of hydrogen-bond donors (Lipinski definition) is 2. The van der Waals surface area contributed by atoms with Crippen LogP contribution < -0.4 is 10.2 Å². The van der Waals surface area contributed by atoms with Gasteiger partial charge in [-0.25, -0.2) is 0 Å². The van der Waals surface area contributed by atoms with Gasteiger partial charge in [0.05, 0.1) is 11.1 Å². The van der Waals surface area contributed by atoms with E-state index >= 15 is 0 Å². The molecule has 0 aliphatic carbocycles. The number of piperidine rings is 1. The predicted octanol–water partition coefficient (Wildman–Crippen LogP) is 7.48. The predicted molar refractivity (Wildman–Crippen MR) is 216 cm³/mol. The van der Waals surface area contributed by atoms with Crippen LogP contribution in [0.3, 0.4) is 0 Å². The minimum absolute atomic E-state index is 0.106. The quantitative estimate of drug-likeness (QED) is 0.0785. The molecular formula is C46H50N4O5. The van der Waals surface area contributed by atoms with Crippen LogP contribution in [0.15, 0.2) is 97.1 Å². The highest BCUT2D eigenvalue weighted by Gasteiger charge is 2.44. The van der Waals surface area contributed by atoms with Crippen LogP contribution >= 0.6 is 0 Å². The number of nitrogens with zero attached hydrogens (tertiary/aromatic N) is 3. The topological polar surface area (TPSA) is 110 Å². The summed E-state index contributed by atoms with van der Waals surface area (Å²) < 4.78 is 0. The van der Waals surface area contributed by atoms with E-state index in [9.17, 15) is 24.3 Å². The van der Waals surface area contributed by atoms with Crippen molar-refractivity contribution in [2.45, 2.75) is 70.8 Å². The molecule has 0 spiro atoms. The van der Waals surface area contributed by atoms with E-state index in [1.807, 2.05) is 24.3 Å². The zero-order chi connectivity index (χ0) is 38.3. The van der Waals surface area contributed by atoms with Crippen LogP contribution in [0, 0.1) is 0 Å². The fourth-order valence-corrected chi connectivity index (χ4v) is 8.23. The van der Waals surface area contributed by atoms with Crippen LogP contribution in [0.5, 0.6) is 5.75 Å². The van der Waals surface area contributed by atoms with Crippen LogP contribution in [-0.2, 0) is 16.0 Å². The minimum Gasteiger partial charge on any atom is -0.508 e. The van der Waals surface area contributed by atoms with Gasteiger partial charge >= 0.3 is 0 Å². The van der Waals surface area contributed by atoms with Gasteiger partial charge in [-0.15, -0.1) is 0 Å². The highest BCUT2D eigenvalue weighted by Crippen LogP contribution is 2.35. The Balaban J connectivity index is 0.839. The van der Waals surface area contributed by atoms with Crippen molar-refractivity contribution in [3.05, 3.63) is 130 Å². The SMILES string of the molecule is CC/C(=C(\c1ccc(O)cc1)c1ccc(CCCCCCCN2CCN(c3ccc4c(c3)C(=O)N(C3CCC(=O)NC3=O)C4=O)CC2)cc1)c1ccccc1. The third kappa shape index (κ3) is 8.57. The Hall–Kier alpha value is -5.54. The number of allylic oxidation sites excluding steroid dienone is 1. The Morgan fingerprint density at radius 1 is 0.709 bits per heavy atom. The van der Waals surface area contributed by atoms with Crippen LogP contribution in [0.1, 0.15) is 101 Å². The van der Waals surface area contributed by atoms with Gasteiger partial charge in [0.1, 0.15) is 11.8 Å². The van der Waals surface area contributed by atoms with Gasteiger partial charge in [0, 0.05) is 38.3 Å². The van der Waals surface area contributed by atoms with Gasteiger partial charge < -0.3 is 10.0 Å². The number of benzene rings is 4. The number of unbranched alkanes of at least 4 members (excludes halogenated alkanes) is 4. The monoisotopic (exact) mass is 738 g/mol. The smallest absolute Gasteiger partial charge is 0.262 e. The molecule has 3 heterocycles. The summed E-state index contributed by atoms with van der Waals surface area (Å²) in [7, 11) is 0. The lowest BCUT2D eigenvalue weighted by atomic mass is 9.87. The van der Waals surface area contributed by atoms with Crippen molar-refractivity contribution >= 4 is 40.5 Å². The van der Waals surface area contributed by atoms with E-state index in [-0.39, 0.29) is 24.5 Å². The number of anilines is 1. The van der Waals surface area contributed by atoms with Crippen LogP contribution in [0.25, 0.3) is 11.1 Å². The normalized spacial score (nSPS) is 18.0. The van der Waals surface area contributed by atoms with Gasteiger partial charge in [0.25, 0.3) is 11.8 Å². The van der Waals surface area contributed by atoms with Crippen LogP contribution in [0.2, 0.25) is 0 Å². The number of carbonyl (C=O) groups excluding carboxylic acids is 4. The molecule has 55 heavy (non-hydrogen) atoms. The summed E-state index contributed by atoms with van der Waals surface area (Å²) in [5.74, 6) is -1.64. The van der Waals surface area contributed by atoms with E-state index in [2.05, 4.69) is 70.6 Å². The van der Waals surface area contributed by atoms with Crippen LogP contribution in [-0.4, -0.2) is 77.3 Å². The Morgan fingerprint density at radius 3 is 2.05 bits per heavy atom. The number of piperazine rings is 1. The summed E-state index contributed by atoms with van der Waals surface area (Å²) in [6, 6.07) is 31.5. The Labute approximate surface area is 323 Å². The second-order valence-electron chi connectivity index (χ2n) is 14.8. The fourth-order valence-electron chi connectivity index (χ4n) is 8.23. The molecule has 0 aromatic heterocycles. The number of aryl methyl sites for hydroxylation is 1. The highest BCUT2D eigenvalue weighted by molar-refractivity contribution is 6.23. The molecule has 284 valence electrons. The Bertz CT molecular complexity index is 2050. The molecule has 4 aromatic carbocycles. The van der Waals surface area contributed by atoms with Gasteiger partial charge in [0.2, 0.25) is 11.8 Å². The molecular weight excluding hydrogens is 689 g/mol. The Kier molecular flexibility index (Phi) is 11.9. The molecule has 2 saturated heterocycles. The molecule has 9 heteroatoms. The molecule has 2 fully saturated rings. The first-order valence-electron chi connectivity index (χ1n) is 19.8. The lowest BCUT2D eigenvalue weighted by molar-refractivity contribution is -0.136. The number of hydrogen-bond acceptors (Lipinski definition) is 7. The number of fused-ring (bicyclic) bond motifs is 1. The molecule has 3 aliphatic heterocycles. The number of phenols is 1. The second-order valence-corrected chi connectivity index (χ2v) is 14.8. The molecule has 4 amide bonds. The molecule has 4 aromatic rings. The van der Waals surface area contributed by atoms with Crippen molar-refractivity contribution in [3.63, 3.8) is 0 Å². The van der Waals surface area contributed by atoms with Crippen LogP contribution in [0.4, 0.5) is 5.69 Å². The summed E-state index contributed by atoms with van der Waals surface area (Å²) in [6.45, 7) is 6.84. The number of rotatable bonds is 14. The maximum atomic E-state index is 13.3. The zero-order valence-electron chi connectivity index (χ0n) is 31.6. The molecule has 0 radical (unpaired) electrons. The summed E-state index contributed by atoms with van der Waals surface area (Å²) in [5, 5.41) is 12.2. The van der Waals surface area contributed by atoms with Gasteiger partial charge in [-0.3, -0.25) is 34.3 Å². The third-order valence-corrected chi connectivity index (χ3v) is 11.3. The summed E-state index contributed by atoms with van der Waals surface area (Å²) in [4.78, 5) is 56.1. The van der Waals surface area contributed by atoms with Gasteiger partial charge in [-0.2, -0.15) is 0 Å². The second kappa shape index (κ2) is 17.3. The maximum absolute atomic E-state index is 13.3. The number of imide groups is 2. The molecule has 2 N–H and O–H groups in total. The van der Waals surface area contributed by atoms with E-state index in [1.165, 1.54) is 59.9 Å². The zero-order valence-corrected chi connectivity index (χ0v) is 31.6. The third-order valence-electron chi connectivity index (χ3n) is 11.3. The first-order chi connectivity index (χ1) is 26.8. The van der Waals surface area contributed by atoms with Crippen molar-refractivity contribution in [1.82, 2.24) is 15.1 Å². The average molecular weight is 739 g/mol. The van der Waals surface area contributed by atoms with Crippen molar-refractivity contribution in [3.8, 4) is 5.75 Å². The van der Waals surface area contributed by atoms with Crippen molar-refractivity contribution in [1.29, 1.82) is 0 Å². The number of nitrogens with one attached hydrogen (secondary N) is 1. The van der Waals surface area contributed by atoms with E-state index in [4.69, 9.17) is 0 Å². The van der Waals surface area contributed by atoms with E-state index in [0.29, 0.717) is 11.1 Å². The highest BCUT2D eigenvalue weighted by atomic mass is 16.3. The molecule has 0 saturated carbocycles. The molecule has 0 bridgehead atoms. The minimum atomic E-state index is -0.954. The average Bonchev–Trinajstić information content (AvgIpc) is 3.45. The van der Waals surface area contributed by atoms with Gasteiger partial charge in [-0.1, -0.05) is 92.9 Å². The number of amides is 4. The molecule has 1 atom stereocenters. The van der Waals surface area contributed by atoms with Gasteiger partial charge in [0.15, 0.2) is 0 Å². The summed E-state index contributed by atoms with van der Waals surface area (Å²) in [6.07, 6.45) is 8.21. The Morgan fingerprint density at radius 2 is 1.36 bits per heavy atom. The molecule has 3 aliphatic rings. The molecule has 1 unspecified atom stereocenters. The molecule has 9 nitrogen and oxygen atoms in total. The van der Waals surface area contributed by atoms with E-state index in [1.54, 1.807) is 24.3 Å². The maximum Gasteiger partial charge on any atom is 0.262 e. The number of aromatic hydroxyl groups is 1. The standard InChI is InChI=1S/C46H50N4O5/c1-2-38(33-12-8-6-9-13-33)43(35-18-21-37(51)22-19-35)34-16-14-32(15-17-34)11-7-4-3-5-10-26-48-27-29-49(30-28-48)36-20-23-39-40(31-36)46(55)50(45(39)54)41-24-25-42(52)47-44(41)53/h6,8-9,12-23,31,41,51H,2-5,7,10-11,24-30H2,1H3,(H,47,52,53)/b43-38+. The first kappa shape index (κ1) is 37.8. The number of phenolic OH excluding ortho intramolecular Hbond substituents is 1. The lowest BCUT2D eigenvalue weighted by Gasteiger charge is -2.36. The summed E-state index contributed by atoms with van der Waals surface area (Å²) >= 11 is 0. The lowest BCUT2D eigenvalue weighted by Crippen LogP contribution is -2.54. The summed E-state index contributed by atoms with van der Waals surface area (Å²) in [5.41, 5.74) is 8.91. The van der Waals surface area contributed by atoms with E-state index < -0.39 is 23.8 Å². The number of carbonyl (C=O) groups is 4. The van der Waals surface area contributed by atoms with E-state index in [0.717, 1.165) is 61.7 Å².